The second-order valence-corrected chi connectivity index (χ2v) is 6.15. The normalized spacial score (nSPS) is 13.7. The summed E-state index contributed by atoms with van der Waals surface area (Å²) in [5.41, 5.74) is 5.04. The van der Waals surface area contributed by atoms with E-state index in [4.69, 9.17) is 11.6 Å². The first-order chi connectivity index (χ1) is 11.1. The van der Waals surface area contributed by atoms with Gasteiger partial charge in [-0.2, -0.15) is 0 Å². The molecule has 0 aromatic heterocycles. The quantitative estimate of drug-likeness (QED) is 0.568. The molecule has 0 aliphatic rings. The first-order valence-electron chi connectivity index (χ1n) is 7.51. The van der Waals surface area contributed by atoms with Gasteiger partial charge in [-0.25, -0.2) is 4.39 Å². The van der Waals surface area contributed by atoms with E-state index in [2.05, 4.69) is 0 Å². The van der Waals surface area contributed by atoms with E-state index >= 15 is 0 Å². The fourth-order valence-electron chi connectivity index (χ4n) is 2.28. The van der Waals surface area contributed by atoms with Crippen molar-refractivity contribution in [1.82, 2.24) is 0 Å². The van der Waals surface area contributed by atoms with Gasteiger partial charge in [0.15, 0.2) is 0 Å². The molecule has 0 atom stereocenters. The first-order valence-corrected chi connectivity index (χ1v) is 7.89. The van der Waals surface area contributed by atoms with Crippen molar-refractivity contribution in [3.05, 3.63) is 74.6 Å². The summed E-state index contributed by atoms with van der Waals surface area (Å²) < 4.78 is 13.7. The van der Waals surface area contributed by atoms with E-state index in [0.29, 0.717) is 0 Å². The number of hydrogen-bond donors (Lipinski definition) is 0. The number of carboxylic acid groups (broad SMARTS) is 1. The molecule has 0 N–H and O–H groups in total. The van der Waals surface area contributed by atoms with Crippen LogP contribution in [0.25, 0.3) is 6.08 Å². The van der Waals surface area contributed by atoms with Crippen LogP contribution in [0.5, 0.6) is 0 Å². The highest BCUT2D eigenvalue weighted by molar-refractivity contribution is 6.32. The number of aliphatic carboxylic acids is 1. The van der Waals surface area contributed by atoms with Gasteiger partial charge < -0.3 is 9.90 Å². The molecule has 0 saturated carbocycles. The summed E-state index contributed by atoms with van der Waals surface area (Å²) in [7, 11) is 0. The van der Waals surface area contributed by atoms with E-state index in [1.807, 2.05) is 45.9 Å². The maximum Gasteiger partial charge on any atom is 0.126 e. The molecule has 0 amide bonds. The summed E-state index contributed by atoms with van der Waals surface area (Å²) >= 11 is 6.28. The highest BCUT2D eigenvalue weighted by Gasteiger charge is 2.06. The highest BCUT2D eigenvalue weighted by atomic mass is 35.5. The van der Waals surface area contributed by atoms with Gasteiger partial charge in [0, 0.05) is 5.02 Å². The van der Waals surface area contributed by atoms with Crippen molar-refractivity contribution in [2.75, 3.05) is 0 Å². The topological polar surface area (TPSA) is 40.1 Å². The van der Waals surface area contributed by atoms with Crippen LogP contribution >= 0.6 is 11.6 Å². The lowest BCUT2D eigenvalue weighted by molar-refractivity contribution is -0.297. The Balaban J connectivity index is 3.04. The minimum Gasteiger partial charge on any atom is -0.545 e. The molecule has 4 heteroatoms. The van der Waals surface area contributed by atoms with Crippen LogP contribution in [0.1, 0.15) is 36.1 Å². The van der Waals surface area contributed by atoms with Crippen LogP contribution in [0, 0.1) is 20.8 Å². The van der Waals surface area contributed by atoms with Gasteiger partial charge in [-0.1, -0.05) is 41.5 Å². The largest absolute Gasteiger partial charge is 0.545 e. The smallest absolute Gasteiger partial charge is 0.126 e. The number of carbonyl (C=O) groups is 1. The average molecular weight is 348 g/mol. The van der Waals surface area contributed by atoms with Crippen LogP contribution in [0.2, 0.25) is 5.02 Å². The minimum absolute atomic E-state index is 0.0139. The lowest BCUT2D eigenvalue weighted by Crippen LogP contribution is -2.19. The molecule has 24 heavy (non-hydrogen) atoms. The maximum atomic E-state index is 13.7. The van der Waals surface area contributed by atoms with Gasteiger partial charge >= 0.3 is 0 Å². The van der Waals surface area contributed by atoms with Gasteiger partial charge in [0.1, 0.15) is 5.83 Å². The number of carbonyl (C=O) groups excluding carboxylic acids is 1. The van der Waals surface area contributed by atoms with Crippen LogP contribution in [0.4, 0.5) is 4.39 Å². The predicted octanol–water partition coefficient (Wildman–Crippen LogP) is 4.77. The van der Waals surface area contributed by atoms with Gasteiger partial charge in [0.05, 0.1) is 5.97 Å². The third-order valence-electron chi connectivity index (χ3n) is 3.65. The molecule has 0 radical (unpaired) electrons. The Morgan fingerprint density at radius 2 is 1.79 bits per heavy atom. The Labute approximate surface area is 147 Å². The van der Waals surface area contributed by atoms with Gasteiger partial charge in [0.2, 0.25) is 0 Å². The lowest BCUT2D eigenvalue weighted by Gasteiger charge is -2.10. The van der Waals surface area contributed by atoms with Crippen LogP contribution in [-0.4, -0.2) is 5.97 Å². The fourth-order valence-corrected chi connectivity index (χ4v) is 2.44. The van der Waals surface area contributed by atoms with E-state index in [0.717, 1.165) is 38.9 Å². The Morgan fingerprint density at radius 1 is 1.17 bits per heavy atom. The Morgan fingerprint density at radius 3 is 2.38 bits per heavy atom. The van der Waals surface area contributed by atoms with Gasteiger partial charge in [0.25, 0.3) is 0 Å². The van der Waals surface area contributed by atoms with Crippen LogP contribution in [0.3, 0.4) is 0 Å². The van der Waals surface area contributed by atoms with Gasteiger partial charge in [-0.15, -0.1) is 0 Å². The molecule has 0 aliphatic carbocycles. The van der Waals surface area contributed by atoms with Crippen molar-refractivity contribution in [3.8, 4) is 0 Å². The zero-order valence-electron chi connectivity index (χ0n) is 14.5. The Hall–Kier alpha value is -2.13. The third-order valence-corrected chi connectivity index (χ3v) is 4.24. The van der Waals surface area contributed by atoms with Crippen molar-refractivity contribution in [3.63, 3.8) is 0 Å². The molecular weight excluding hydrogens is 327 g/mol. The summed E-state index contributed by atoms with van der Waals surface area (Å²) in [5, 5.41) is 11.2. The van der Waals surface area contributed by atoms with E-state index < -0.39 is 11.8 Å². The number of hydrogen-bond acceptors (Lipinski definition) is 2. The number of benzene rings is 1. The zero-order valence-corrected chi connectivity index (χ0v) is 15.3. The monoisotopic (exact) mass is 347 g/mol. The second kappa shape index (κ2) is 8.65. The Bertz CT molecular complexity index is 768. The molecule has 0 bridgehead atoms. The maximum absolute atomic E-state index is 13.7. The molecule has 0 fully saturated rings. The average Bonchev–Trinajstić information content (AvgIpc) is 2.49. The molecule has 0 unspecified atom stereocenters. The molecule has 0 heterocycles. The van der Waals surface area contributed by atoms with Crippen molar-refractivity contribution in [2.45, 2.75) is 34.6 Å². The first kappa shape index (κ1) is 19.9. The van der Waals surface area contributed by atoms with E-state index in [1.165, 1.54) is 13.0 Å². The summed E-state index contributed by atoms with van der Waals surface area (Å²) in [4.78, 5) is 10.4. The molecule has 0 aliphatic heterocycles. The Kier molecular flexibility index (Phi) is 7.18. The van der Waals surface area contributed by atoms with Gasteiger partial charge in [-0.3, -0.25) is 0 Å². The van der Waals surface area contributed by atoms with Crippen LogP contribution in [-0.2, 0) is 4.79 Å². The molecule has 1 aromatic carbocycles. The van der Waals surface area contributed by atoms with Gasteiger partial charge in [-0.05, 0) is 74.6 Å². The standard InChI is InChI=1S/C20H22ClFO2/c1-12(7-9-18(22)14(3)11-19(23)24)6-8-17-13(2)10-15(4)20(21)16(17)5/h6-11H,1-5H3,(H,23,24)/p-1/b8-6+,12-7+,14-11+,18-9-. The SMILES string of the molecule is CC(/C=C/c1c(C)cc(C)c(Cl)c1C)=C\C=C(F)\C(C)=C\C(=O)[O-]. The van der Waals surface area contributed by atoms with Crippen LogP contribution < -0.4 is 5.11 Å². The number of rotatable bonds is 5. The fraction of sp³-hybridized carbons (Fsp3) is 0.250. The number of carboxylic acids is 1. The molecule has 1 rings (SSSR count). The summed E-state index contributed by atoms with van der Waals surface area (Å²) in [6.45, 7) is 9.16. The summed E-state index contributed by atoms with van der Waals surface area (Å²) in [6, 6.07) is 2.03. The summed E-state index contributed by atoms with van der Waals surface area (Å²) in [5.74, 6) is -2.03. The number of allylic oxidation sites excluding steroid dienone is 6. The zero-order chi connectivity index (χ0) is 18.4. The molecule has 0 spiro atoms. The van der Waals surface area contributed by atoms with Crippen molar-refractivity contribution < 1.29 is 14.3 Å². The molecule has 2 nitrogen and oxygen atoms in total. The predicted molar refractivity (Wildman–Crippen MR) is 96.4 cm³/mol. The molecule has 0 saturated heterocycles. The minimum atomic E-state index is -1.42. The molecule has 1 aromatic rings. The molecular formula is C20H21ClFO2-. The van der Waals surface area contributed by atoms with Crippen molar-refractivity contribution >= 4 is 23.6 Å². The van der Waals surface area contributed by atoms with E-state index in [9.17, 15) is 14.3 Å². The number of aryl methyl sites for hydroxylation is 2. The highest BCUT2D eigenvalue weighted by Crippen LogP contribution is 2.27. The summed E-state index contributed by atoms with van der Waals surface area (Å²) in [6.07, 6.45) is 7.35. The van der Waals surface area contributed by atoms with E-state index in [-0.39, 0.29) is 5.57 Å². The second-order valence-electron chi connectivity index (χ2n) is 5.77. The van der Waals surface area contributed by atoms with Crippen LogP contribution in [0.15, 0.2) is 47.3 Å². The van der Waals surface area contributed by atoms with E-state index in [1.54, 1.807) is 6.08 Å². The lowest BCUT2D eigenvalue weighted by atomic mass is 9.98. The number of halogens is 2. The molecule has 128 valence electrons. The third kappa shape index (κ3) is 5.50. The van der Waals surface area contributed by atoms with Crippen molar-refractivity contribution in [1.29, 1.82) is 0 Å². The van der Waals surface area contributed by atoms with Crippen molar-refractivity contribution in [2.24, 2.45) is 0 Å².